The fraction of sp³-hybridized carbons (Fsp3) is 0.333. The van der Waals surface area contributed by atoms with E-state index in [9.17, 15) is 0 Å². The number of hydrogen-bond acceptors (Lipinski definition) is 3. The van der Waals surface area contributed by atoms with E-state index in [-0.39, 0.29) is 0 Å². The molecule has 4 heteroatoms. The molecule has 0 atom stereocenters. The van der Waals surface area contributed by atoms with Crippen molar-refractivity contribution >= 4 is 17.3 Å². The molecule has 3 nitrogen and oxygen atoms in total. The molecule has 2 aromatic carbocycles. The molecule has 0 unspecified atom stereocenters. The second-order valence-electron chi connectivity index (χ2n) is 4.99. The van der Waals surface area contributed by atoms with Gasteiger partial charge in [0.1, 0.15) is 12.4 Å². The van der Waals surface area contributed by atoms with Gasteiger partial charge in [0.05, 0.1) is 6.61 Å². The summed E-state index contributed by atoms with van der Waals surface area (Å²) >= 11 is 6.15. The topological polar surface area (TPSA) is 30.5 Å². The van der Waals surface area contributed by atoms with Crippen LogP contribution < -0.4 is 10.1 Å². The van der Waals surface area contributed by atoms with Crippen LogP contribution in [-0.4, -0.2) is 26.9 Å². The van der Waals surface area contributed by atoms with E-state index in [1.54, 1.807) is 7.11 Å². The standard InChI is InChI=1S/C18H22ClNO2/c1-21-12-13-22-17-9-4-8-16(14-17)20-11-5-7-15-6-2-3-10-18(15)19/h2-4,6,8-10,14,20H,5,7,11-13H2,1H3. The van der Waals surface area contributed by atoms with E-state index in [2.05, 4.69) is 11.4 Å². The highest BCUT2D eigenvalue weighted by Crippen LogP contribution is 2.19. The zero-order valence-electron chi connectivity index (χ0n) is 12.8. The van der Waals surface area contributed by atoms with E-state index >= 15 is 0 Å². The largest absolute Gasteiger partial charge is 0.491 e. The van der Waals surface area contributed by atoms with Gasteiger partial charge in [0.2, 0.25) is 0 Å². The number of aryl methyl sites for hydroxylation is 1. The maximum absolute atomic E-state index is 6.15. The van der Waals surface area contributed by atoms with Crippen LogP contribution in [0.15, 0.2) is 48.5 Å². The van der Waals surface area contributed by atoms with Crippen molar-refractivity contribution in [2.45, 2.75) is 12.8 Å². The Morgan fingerprint density at radius 2 is 1.91 bits per heavy atom. The molecular formula is C18H22ClNO2. The van der Waals surface area contributed by atoms with Crippen molar-refractivity contribution < 1.29 is 9.47 Å². The predicted molar refractivity (Wildman–Crippen MR) is 92.1 cm³/mol. The minimum Gasteiger partial charge on any atom is -0.491 e. The van der Waals surface area contributed by atoms with E-state index in [0.29, 0.717) is 13.2 Å². The second kappa shape index (κ2) is 9.34. The summed E-state index contributed by atoms with van der Waals surface area (Å²) in [5.74, 6) is 0.855. The molecule has 0 bridgehead atoms. The van der Waals surface area contributed by atoms with Crippen molar-refractivity contribution in [1.82, 2.24) is 0 Å². The molecule has 2 rings (SSSR count). The van der Waals surface area contributed by atoms with E-state index in [1.165, 1.54) is 5.56 Å². The lowest BCUT2D eigenvalue weighted by Crippen LogP contribution is -2.06. The molecule has 0 heterocycles. The highest BCUT2D eigenvalue weighted by Gasteiger charge is 2.00. The third-order valence-electron chi connectivity index (χ3n) is 3.30. The SMILES string of the molecule is COCCOc1cccc(NCCCc2ccccc2Cl)c1. The number of halogens is 1. The summed E-state index contributed by atoms with van der Waals surface area (Å²) in [6, 6.07) is 16.0. The van der Waals surface area contributed by atoms with E-state index in [1.807, 2.05) is 42.5 Å². The Hall–Kier alpha value is -1.71. The van der Waals surface area contributed by atoms with Crippen molar-refractivity contribution in [2.75, 3.05) is 32.2 Å². The maximum Gasteiger partial charge on any atom is 0.121 e. The first-order valence-electron chi connectivity index (χ1n) is 7.48. The number of rotatable bonds is 9. The number of nitrogens with one attached hydrogen (secondary N) is 1. The number of ether oxygens (including phenoxy) is 2. The summed E-state index contributed by atoms with van der Waals surface area (Å²) < 4.78 is 10.6. The summed E-state index contributed by atoms with van der Waals surface area (Å²) in [7, 11) is 1.67. The fourth-order valence-corrected chi connectivity index (χ4v) is 2.38. The molecule has 0 aliphatic heterocycles. The zero-order chi connectivity index (χ0) is 15.6. The third kappa shape index (κ3) is 5.58. The molecule has 22 heavy (non-hydrogen) atoms. The van der Waals surface area contributed by atoms with Crippen LogP contribution >= 0.6 is 11.6 Å². The summed E-state index contributed by atoms with van der Waals surface area (Å²) in [5.41, 5.74) is 2.26. The van der Waals surface area contributed by atoms with Gasteiger partial charge in [-0.15, -0.1) is 0 Å². The molecule has 1 N–H and O–H groups in total. The van der Waals surface area contributed by atoms with Crippen LogP contribution in [0, 0.1) is 0 Å². The molecule has 0 fully saturated rings. The first-order chi connectivity index (χ1) is 10.8. The summed E-state index contributed by atoms with van der Waals surface area (Å²) in [6.07, 6.45) is 2.00. The Kier molecular flexibility index (Phi) is 7.07. The molecule has 0 aliphatic carbocycles. The molecule has 0 saturated heterocycles. The minimum absolute atomic E-state index is 0.562. The average molecular weight is 320 g/mol. The van der Waals surface area contributed by atoms with Gasteiger partial charge in [-0.1, -0.05) is 35.9 Å². The van der Waals surface area contributed by atoms with Crippen molar-refractivity contribution in [3.8, 4) is 5.75 Å². The number of anilines is 1. The number of methoxy groups -OCH3 is 1. The van der Waals surface area contributed by atoms with Gasteiger partial charge in [-0.2, -0.15) is 0 Å². The van der Waals surface area contributed by atoms with Gasteiger partial charge in [-0.3, -0.25) is 0 Å². The number of benzene rings is 2. The Morgan fingerprint density at radius 1 is 1.05 bits per heavy atom. The molecule has 2 aromatic rings. The molecule has 0 amide bonds. The second-order valence-corrected chi connectivity index (χ2v) is 5.40. The smallest absolute Gasteiger partial charge is 0.121 e. The third-order valence-corrected chi connectivity index (χ3v) is 3.67. The molecule has 0 radical (unpaired) electrons. The minimum atomic E-state index is 0.562. The van der Waals surface area contributed by atoms with E-state index in [4.69, 9.17) is 21.1 Å². The van der Waals surface area contributed by atoms with Gasteiger partial charge in [-0.05, 0) is 36.6 Å². The molecule has 0 spiro atoms. The molecular weight excluding hydrogens is 298 g/mol. The lowest BCUT2D eigenvalue weighted by atomic mass is 10.1. The molecule has 0 saturated carbocycles. The van der Waals surface area contributed by atoms with Crippen LogP contribution in [0.3, 0.4) is 0 Å². The quantitative estimate of drug-likeness (QED) is 0.694. The van der Waals surface area contributed by atoms with Gasteiger partial charge in [0.15, 0.2) is 0 Å². The van der Waals surface area contributed by atoms with Crippen LogP contribution in [0.5, 0.6) is 5.75 Å². The Balaban J connectivity index is 1.75. The molecule has 0 aromatic heterocycles. The highest BCUT2D eigenvalue weighted by atomic mass is 35.5. The molecule has 0 aliphatic rings. The van der Waals surface area contributed by atoms with Gasteiger partial charge < -0.3 is 14.8 Å². The van der Waals surface area contributed by atoms with E-state index in [0.717, 1.165) is 35.8 Å². The van der Waals surface area contributed by atoms with E-state index < -0.39 is 0 Å². The van der Waals surface area contributed by atoms with Crippen LogP contribution in [0.1, 0.15) is 12.0 Å². The first kappa shape index (κ1) is 16.7. The van der Waals surface area contributed by atoms with Crippen molar-refractivity contribution in [3.63, 3.8) is 0 Å². The van der Waals surface area contributed by atoms with Crippen LogP contribution in [0.25, 0.3) is 0 Å². The maximum atomic E-state index is 6.15. The van der Waals surface area contributed by atoms with Gasteiger partial charge in [-0.25, -0.2) is 0 Å². The molecule has 118 valence electrons. The first-order valence-corrected chi connectivity index (χ1v) is 7.86. The summed E-state index contributed by atoms with van der Waals surface area (Å²) in [5, 5.41) is 4.25. The lowest BCUT2D eigenvalue weighted by Gasteiger charge is -2.10. The van der Waals surface area contributed by atoms with Gasteiger partial charge in [0, 0.05) is 30.4 Å². The lowest BCUT2D eigenvalue weighted by molar-refractivity contribution is 0.146. The monoisotopic (exact) mass is 319 g/mol. The van der Waals surface area contributed by atoms with Crippen molar-refractivity contribution in [1.29, 1.82) is 0 Å². The van der Waals surface area contributed by atoms with Gasteiger partial charge >= 0.3 is 0 Å². The van der Waals surface area contributed by atoms with Crippen LogP contribution in [0.2, 0.25) is 5.02 Å². The normalized spacial score (nSPS) is 10.5. The van der Waals surface area contributed by atoms with Crippen molar-refractivity contribution in [3.05, 3.63) is 59.1 Å². The van der Waals surface area contributed by atoms with Crippen LogP contribution in [-0.2, 0) is 11.2 Å². The van der Waals surface area contributed by atoms with Gasteiger partial charge in [0.25, 0.3) is 0 Å². The van der Waals surface area contributed by atoms with Crippen molar-refractivity contribution in [2.24, 2.45) is 0 Å². The summed E-state index contributed by atoms with van der Waals surface area (Å²) in [4.78, 5) is 0. The predicted octanol–water partition coefficient (Wildman–Crippen LogP) is 4.41. The number of hydrogen-bond donors (Lipinski definition) is 1. The highest BCUT2D eigenvalue weighted by molar-refractivity contribution is 6.31. The zero-order valence-corrected chi connectivity index (χ0v) is 13.6. The average Bonchev–Trinajstić information content (AvgIpc) is 2.54. The van der Waals surface area contributed by atoms with Crippen LogP contribution in [0.4, 0.5) is 5.69 Å². The fourth-order valence-electron chi connectivity index (χ4n) is 2.15. The Bertz CT molecular complexity index is 575. The Labute approximate surface area is 137 Å². The summed E-state index contributed by atoms with van der Waals surface area (Å²) in [6.45, 7) is 2.05. The Morgan fingerprint density at radius 3 is 2.73 bits per heavy atom.